The van der Waals surface area contributed by atoms with Crippen LogP contribution in [0.4, 0.5) is 5.69 Å². The molecule has 1 aliphatic rings. The van der Waals surface area contributed by atoms with Crippen LogP contribution < -0.4 is 4.90 Å². The summed E-state index contributed by atoms with van der Waals surface area (Å²) in [5, 5.41) is 0. The van der Waals surface area contributed by atoms with Crippen molar-refractivity contribution >= 4 is 5.69 Å². The minimum atomic E-state index is 1.01. The molecule has 0 saturated heterocycles. The second-order valence-electron chi connectivity index (χ2n) is 3.43. The molecule has 0 aliphatic carbocycles. The summed E-state index contributed by atoms with van der Waals surface area (Å²) in [7, 11) is 2.07. The van der Waals surface area contributed by atoms with E-state index in [0.717, 1.165) is 6.42 Å². The largest absolute Gasteiger partial charge is 0.348 e. The van der Waals surface area contributed by atoms with Crippen molar-refractivity contribution in [3.8, 4) is 0 Å². The van der Waals surface area contributed by atoms with Gasteiger partial charge in [-0.3, -0.25) is 0 Å². The molecule has 0 N–H and O–H groups in total. The molecule has 0 aromatic heterocycles. The number of fused-ring (bicyclic) bond motifs is 1. The average Bonchev–Trinajstić information content (AvgIpc) is 2.28. The minimum Gasteiger partial charge on any atom is -0.348 e. The fraction of sp³-hybridized carbons (Fsp3) is 0.273. The molecule has 1 aliphatic heterocycles. The van der Waals surface area contributed by atoms with Crippen LogP contribution in [-0.2, 0) is 6.42 Å². The number of anilines is 1. The van der Waals surface area contributed by atoms with Crippen LogP contribution in [0.2, 0.25) is 0 Å². The lowest BCUT2D eigenvalue weighted by molar-refractivity contribution is 1.11. The fourth-order valence-corrected chi connectivity index (χ4v) is 1.69. The van der Waals surface area contributed by atoms with Gasteiger partial charge in [-0.2, -0.15) is 0 Å². The van der Waals surface area contributed by atoms with Gasteiger partial charge in [0.1, 0.15) is 0 Å². The molecular formula is C11H13N. The molecule has 1 aromatic rings. The first-order chi connectivity index (χ1) is 5.68. The molecule has 0 saturated carbocycles. The second-order valence-corrected chi connectivity index (χ2v) is 3.43. The summed E-state index contributed by atoms with van der Waals surface area (Å²) < 4.78 is 0. The van der Waals surface area contributed by atoms with Gasteiger partial charge in [0.15, 0.2) is 0 Å². The van der Waals surface area contributed by atoms with Crippen LogP contribution in [0.3, 0.4) is 0 Å². The SMILES string of the molecule is C=C1Cc2cc(C)ccc2N1C. The summed E-state index contributed by atoms with van der Waals surface area (Å²) in [6, 6.07) is 6.56. The van der Waals surface area contributed by atoms with Gasteiger partial charge in [-0.25, -0.2) is 0 Å². The predicted molar refractivity (Wildman–Crippen MR) is 52.4 cm³/mol. The lowest BCUT2D eigenvalue weighted by Gasteiger charge is -2.12. The Morgan fingerprint density at radius 1 is 1.42 bits per heavy atom. The maximum Gasteiger partial charge on any atom is 0.0442 e. The summed E-state index contributed by atoms with van der Waals surface area (Å²) in [5.74, 6) is 0. The number of hydrogen-bond acceptors (Lipinski definition) is 1. The molecule has 0 amide bonds. The Bertz CT molecular complexity index is 339. The Morgan fingerprint density at radius 3 is 2.92 bits per heavy atom. The third-order valence-electron chi connectivity index (χ3n) is 2.47. The van der Waals surface area contributed by atoms with E-state index in [-0.39, 0.29) is 0 Å². The summed E-state index contributed by atoms with van der Waals surface area (Å²) in [5.41, 5.74) is 5.24. The van der Waals surface area contributed by atoms with E-state index in [0.29, 0.717) is 0 Å². The van der Waals surface area contributed by atoms with E-state index in [4.69, 9.17) is 0 Å². The molecule has 0 fully saturated rings. The maximum atomic E-state index is 4.01. The van der Waals surface area contributed by atoms with Crippen molar-refractivity contribution in [3.05, 3.63) is 41.6 Å². The summed E-state index contributed by atoms with van der Waals surface area (Å²) >= 11 is 0. The third kappa shape index (κ3) is 0.934. The highest BCUT2D eigenvalue weighted by atomic mass is 15.1. The molecule has 0 bridgehead atoms. The maximum absolute atomic E-state index is 4.01. The topological polar surface area (TPSA) is 3.24 Å². The summed E-state index contributed by atoms with van der Waals surface area (Å²) in [6.45, 7) is 6.13. The van der Waals surface area contributed by atoms with E-state index < -0.39 is 0 Å². The van der Waals surface area contributed by atoms with Gasteiger partial charge in [-0.15, -0.1) is 0 Å². The van der Waals surface area contributed by atoms with Crippen molar-refractivity contribution < 1.29 is 0 Å². The van der Waals surface area contributed by atoms with Crippen LogP contribution in [-0.4, -0.2) is 7.05 Å². The van der Waals surface area contributed by atoms with Crippen molar-refractivity contribution in [3.63, 3.8) is 0 Å². The highest BCUT2D eigenvalue weighted by Gasteiger charge is 2.18. The first-order valence-electron chi connectivity index (χ1n) is 4.19. The predicted octanol–water partition coefficient (Wildman–Crippen LogP) is 2.50. The number of nitrogens with zero attached hydrogens (tertiary/aromatic N) is 1. The summed E-state index contributed by atoms with van der Waals surface area (Å²) in [6.07, 6.45) is 1.01. The Kier molecular flexibility index (Phi) is 1.47. The van der Waals surface area contributed by atoms with Gasteiger partial charge in [0.05, 0.1) is 0 Å². The summed E-state index contributed by atoms with van der Waals surface area (Å²) in [4.78, 5) is 2.16. The highest BCUT2D eigenvalue weighted by Crippen LogP contribution is 2.32. The van der Waals surface area contributed by atoms with Crippen molar-refractivity contribution in [2.45, 2.75) is 13.3 Å². The van der Waals surface area contributed by atoms with Gasteiger partial charge in [0.25, 0.3) is 0 Å². The molecule has 1 nitrogen and oxygen atoms in total. The van der Waals surface area contributed by atoms with Crippen LogP contribution in [0.5, 0.6) is 0 Å². The molecule has 0 radical (unpaired) electrons. The zero-order chi connectivity index (χ0) is 8.72. The zero-order valence-corrected chi connectivity index (χ0v) is 7.59. The smallest absolute Gasteiger partial charge is 0.0442 e. The number of likely N-dealkylation sites (N-methyl/N-ethyl adjacent to an activating group) is 1. The molecule has 12 heavy (non-hydrogen) atoms. The fourth-order valence-electron chi connectivity index (χ4n) is 1.69. The molecule has 1 heteroatoms. The average molecular weight is 159 g/mol. The highest BCUT2D eigenvalue weighted by molar-refractivity contribution is 5.64. The van der Waals surface area contributed by atoms with E-state index >= 15 is 0 Å². The van der Waals surface area contributed by atoms with Crippen LogP contribution in [0.1, 0.15) is 11.1 Å². The van der Waals surface area contributed by atoms with E-state index in [9.17, 15) is 0 Å². The number of allylic oxidation sites excluding steroid dienone is 1. The number of rotatable bonds is 0. The van der Waals surface area contributed by atoms with Crippen molar-refractivity contribution in [2.24, 2.45) is 0 Å². The molecule has 0 spiro atoms. The van der Waals surface area contributed by atoms with Crippen LogP contribution in [0, 0.1) is 6.92 Å². The first kappa shape index (κ1) is 7.41. The molecule has 0 atom stereocenters. The molecular weight excluding hydrogens is 146 g/mol. The third-order valence-corrected chi connectivity index (χ3v) is 2.47. The van der Waals surface area contributed by atoms with Crippen molar-refractivity contribution in [1.82, 2.24) is 0 Å². The Morgan fingerprint density at radius 2 is 2.17 bits per heavy atom. The zero-order valence-electron chi connectivity index (χ0n) is 7.59. The molecule has 62 valence electrons. The lowest BCUT2D eigenvalue weighted by Crippen LogP contribution is -2.09. The van der Waals surface area contributed by atoms with Crippen LogP contribution in [0.15, 0.2) is 30.5 Å². The lowest BCUT2D eigenvalue weighted by atomic mass is 10.1. The van der Waals surface area contributed by atoms with Gasteiger partial charge in [-0.05, 0) is 18.6 Å². The molecule has 1 aromatic carbocycles. The van der Waals surface area contributed by atoms with Gasteiger partial charge in [0, 0.05) is 24.9 Å². The van der Waals surface area contributed by atoms with Crippen LogP contribution >= 0.6 is 0 Å². The van der Waals surface area contributed by atoms with Gasteiger partial charge in [-0.1, -0.05) is 24.3 Å². The first-order valence-corrected chi connectivity index (χ1v) is 4.19. The number of hydrogen-bond donors (Lipinski definition) is 0. The molecule has 2 rings (SSSR count). The Hall–Kier alpha value is -1.24. The number of aryl methyl sites for hydroxylation is 1. The Labute approximate surface area is 73.3 Å². The van der Waals surface area contributed by atoms with E-state index in [1.54, 1.807) is 0 Å². The van der Waals surface area contributed by atoms with E-state index in [2.05, 4.69) is 43.6 Å². The monoisotopic (exact) mass is 159 g/mol. The standard InChI is InChI=1S/C11H13N/c1-8-4-5-11-10(6-8)7-9(2)12(11)3/h4-6H,2,7H2,1,3H3. The van der Waals surface area contributed by atoms with Crippen LogP contribution in [0.25, 0.3) is 0 Å². The quantitative estimate of drug-likeness (QED) is 0.562. The van der Waals surface area contributed by atoms with Gasteiger partial charge >= 0.3 is 0 Å². The number of benzene rings is 1. The van der Waals surface area contributed by atoms with Gasteiger partial charge in [0.2, 0.25) is 0 Å². The normalized spacial score (nSPS) is 15.2. The van der Waals surface area contributed by atoms with Gasteiger partial charge < -0.3 is 4.90 Å². The van der Waals surface area contributed by atoms with Crippen molar-refractivity contribution in [2.75, 3.05) is 11.9 Å². The van der Waals surface area contributed by atoms with Crippen molar-refractivity contribution in [1.29, 1.82) is 0 Å². The van der Waals surface area contributed by atoms with E-state index in [1.165, 1.54) is 22.5 Å². The minimum absolute atomic E-state index is 1.01. The molecule has 1 heterocycles. The second kappa shape index (κ2) is 2.37. The molecule has 0 unspecified atom stereocenters. The van der Waals surface area contributed by atoms with E-state index in [1.807, 2.05) is 0 Å². The Balaban J connectivity index is 2.54.